The summed E-state index contributed by atoms with van der Waals surface area (Å²) in [4.78, 5) is 56.4. The Hall–Kier alpha value is -5.54. The van der Waals surface area contributed by atoms with Crippen molar-refractivity contribution in [3.63, 3.8) is 0 Å². The lowest BCUT2D eigenvalue weighted by atomic mass is 10.2. The van der Waals surface area contributed by atoms with Crippen LogP contribution in [0.1, 0.15) is 20.7 Å². The van der Waals surface area contributed by atoms with E-state index in [0.717, 1.165) is 0 Å². The summed E-state index contributed by atoms with van der Waals surface area (Å²) in [5.74, 6) is -1.99. The zero-order valence-corrected chi connectivity index (χ0v) is 26.6. The van der Waals surface area contributed by atoms with Gasteiger partial charge in [0.1, 0.15) is 11.4 Å². The van der Waals surface area contributed by atoms with Crippen molar-refractivity contribution in [1.82, 2.24) is 25.5 Å². The van der Waals surface area contributed by atoms with Gasteiger partial charge in [-0.2, -0.15) is 0 Å². The molecule has 4 rings (SSSR count). The van der Waals surface area contributed by atoms with Gasteiger partial charge < -0.3 is 36.1 Å². The summed E-state index contributed by atoms with van der Waals surface area (Å²) in [5, 5.41) is 12.7. The fourth-order valence-electron chi connectivity index (χ4n) is 2.99. The fraction of sp³-hybridized carbons (Fsp3) is 0.133. The van der Waals surface area contributed by atoms with Crippen LogP contribution in [-0.4, -0.2) is 66.9 Å². The number of carbonyl (C=O) groups excluding carboxylic acids is 4. The van der Waals surface area contributed by atoms with Crippen molar-refractivity contribution in [1.29, 1.82) is 0 Å². The van der Waals surface area contributed by atoms with Crippen LogP contribution in [0.4, 0.5) is 10.3 Å². The normalized spacial score (nSPS) is 10.5. The van der Waals surface area contributed by atoms with Gasteiger partial charge in [0.25, 0.3) is 11.8 Å². The van der Waals surface area contributed by atoms with Crippen LogP contribution in [0.3, 0.4) is 0 Å². The Kier molecular flexibility index (Phi) is 15.5. The van der Waals surface area contributed by atoms with Gasteiger partial charge in [-0.1, -0.05) is 36.4 Å². The highest BCUT2D eigenvalue weighted by Gasteiger charge is 2.16. The molecule has 0 bridgehead atoms. The van der Waals surface area contributed by atoms with Gasteiger partial charge in [-0.15, -0.1) is 22.7 Å². The number of nitrogens with two attached hydrogens (primary N) is 1. The Morgan fingerprint density at radius 3 is 1.64 bits per heavy atom. The number of carbonyl (C=O) groups is 4. The van der Waals surface area contributed by atoms with Crippen molar-refractivity contribution < 1.29 is 28.7 Å². The van der Waals surface area contributed by atoms with E-state index in [1.807, 2.05) is 11.4 Å². The molecule has 0 fully saturated rings. The first-order chi connectivity index (χ1) is 21.6. The molecule has 0 atom stereocenters. The molecule has 0 aliphatic carbocycles. The van der Waals surface area contributed by atoms with Gasteiger partial charge in [-0.3, -0.25) is 9.59 Å². The Morgan fingerprint density at radius 2 is 1.24 bits per heavy atom. The number of amides is 2. The van der Waals surface area contributed by atoms with E-state index in [1.54, 1.807) is 91.4 Å². The van der Waals surface area contributed by atoms with E-state index >= 15 is 0 Å². The van der Waals surface area contributed by atoms with Crippen LogP contribution < -0.4 is 21.7 Å². The number of esters is 2. The van der Waals surface area contributed by atoms with Crippen molar-refractivity contribution in [2.24, 2.45) is 0 Å². The average Bonchev–Trinajstić information content (AvgIpc) is 3.77. The molecule has 0 unspecified atom stereocenters. The lowest BCUT2D eigenvalue weighted by molar-refractivity contribution is -0.137. The highest BCUT2D eigenvalue weighted by Crippen LogP contribution is 2.11. The number of benzene rings is 2. The quantitative estimate of drug-likeness (QED) is 0.153. The predicted molar refractivity (Wildman–Crippen MR) is 174 cm³/mol. The van der Waals surface area contributed by atoms with Crippen molar-refractivity contribution in [3.05, 3.63) is 119 Å². The van der Waals surface area contributed by atoms with Crippen molar-refractivity contribution >= 4 is 56.7 Å². The van der Waals surface area contributed by atoms with Crippen molar-refractivity contribution in [2.75, 3.05) is 39.4 Å². The fourth-order valence-corrected chi connectivity index (χ4v) is 3.87. The number of thiazole rings is 2. The van der Waals surface area contributed by atoms with Gasteiger partial charge in [-0.05, 0) is 24.3 Å². The number of nitrogen functional groups attached to an aromatic ring is 1. The number of aromatic nitrogens is 2. The first kappa shape index (κ1) is 35.7. The van der Waals surface area contributed by atoms with Crippen molar-refractivity contribution in [3.8, 4) is 0 Å². The zero-order chi connectivity index (χ0) is 33.0. The third-order valence-corrected chi connectivity index (χ3v) is 6.30. The second-order valence-electron chi connectivity index (χ2n) is 8.54. The minimum Gasteiger partial charge on any atom is -0.464 e. The van der Waals surface area contributed by atoms with Gasteiger partial charge in [0.05, 0.1) is 14.2 Å². The molecule has 0 aliphatic rings. The second kappa shape index (κ2) is 19.6. The molecule has 15 heteroatoms. The smallest absolute Gasteiger partial charge is 0.356 e. The Balaban J connectivity index is 0.000000266. The van der Waals surface area contributed by atoms with Crippen LogP contribution in [-0.2, 0) is 19.1 Å². The largest absolute Gasteiger partial charge is 0.464 e. The highest BCUT2D eigenvalue weighted by atomic mass is 32.1. The number of anilines is 2. The average molecular weight is 652 g/mol. The van der Waals surface area contributed by atoms with E-state index in [0.29, 0.717) is 21.4 Å². The molecule has 4 aromatic rings. The SMILES string of the molecule is COC(=O)/C(=C\N(C)C)NC(=O)c1ccccc1.COC(=O)/C(=C\Nc1nccs1)NC(=O)c1ccccc1.Nc1nccs1. The molecular weight excluding hydrogens is 619 g/mol. The summed E-state index contributed by atoms with van der Waals surface area (Å²) in [6.07, 6.45) is 6.15. The zero-order valence-electron chi connectivity index (χ0n) is 24.9. The third kappa shape index (κ3) is 13.5. The number of nitrogens with zero attached hydrogens (tertiary/aromatic N) is 3. The molecule has 45 heavy (non-hydrogen) atoms. The monoisotopic (exact) mass is 651 g/mol. The topological polar surface area (TPSA) is 178 Å². The van der Waals surface area contributed by atoms with E-state index < -0.39 is 17.8 Å². The minimum absolute atomic E-state index is 0.00144. The molecule has 2 amide bonds. The number of methoxy groups -OCH3 is 2. The van der Waals surface area contributed by atoms with E-state index in [4.69, 9.17) is 5.73 Å². The van der Waals surface area contributed by atoms with Crippen molar-refractivity contribution in [2.45, 2.75) is 0 Å². The summed E-state index contributed by atoms with van der Waals surface area (Å²) < 4.78 is 9.24. The standard InChI is InChI=1S/C14H13N3O3S.C13H16N2O3.C3H4N2S/c1-20-13(19)11(9-16-14-15-7-8-21-14)17-12(18)10-5-3-2-4-6-10;1-15(2)9-11(13(17)18-3)14-12(16)10-7-5-4-6-8-10;4-3-5-1-2-6-3/h2-9H,1H3,(H,15,16)(H,17,18);4-9H,1-3H3,(H,14,16);1-2H,(H2,4,5)/b2*11-9+;. The maximum Gasteiger partial charge on any atom is 0.356 e. The molecule has 2 aromatic heterocycles. The lowest BCUT2D eigenvalue weighted by Gasteiger charge is -2.11. The Labute approximate surface area is 268 Å². The van der Waals surface area contributed by atoms with Crippen LogP contribution in [0, 0.1) is 0 Å². The van der Waals surface area contributed by atoms with Gasteiger partial charge in [0.15, 0.2) is 10.3 Å². The molecule has 13 nitrogen and oxygen atoms in total. The number of rotatable bonds is 9. The number of hydrogen-bond acceptors (Lipinski definition) is 13. The van der Waals surface area contributed by atoms with E-state index in [1.165, 1.54) is 49.3 Å². The highest BCUT2D eigenvalue weighted by molar-refractivity contribution is 7.13. The first-order valence-electron chi connectivity index (χ1n) is 12.9. The van der Waals surface area contributed by atoms with E-state index in [-0.39, 0.29) is 17.3 Å². The molecule has 5 N–H and O–H groups in total. The van der Waals surface area contributed by atoms with Crippen LogP contribution >= 0.6 is 22.7 Å². The van der Waals surface area contributed by atoms with Crippen LogP contribution in [0.25, 0.3) is 0 Å². The van der Waals surface area contributed by atoms with Gasteiger partial charge in [0, 0.05) is 60.8 Å². The summed E-state index contributed by atoms with van der Waals surface area (Å²) in [5.41, 5.74) is 6.20. The number of nitrogens with one attached hydrogen (secondary N) is 3. The van der Waals surface area contributed by atoms with Gasteiger partial charge >= 0.3 is 11.9 Å². The number of hydrogen-bond donors (Lipinski definition) is 4. The summed E-state index contributed by atoms with van der Waals surface area (Å²) in [6.45, 7) is 0. The van der Waals surface area contributed by atoms with E-state index in [2.05, 4.69) is 35.4 Å². The Morgan fingerprint density at radius 1 is 0.756 bits per heavy atom. The van der Waals surface area contributed by atoms with Crippen LogP contribution in [0.2, 0.25) is 0 Å². The molecular formula is C30H33N7O6S2. The maximum absolute atomic E-state index is 12.0. The number of ether oxygens (including phenoxy) is 2. The summed E-state index contributed by atoms with van der Waals surface area (Å²) in [7, 11) is 6.00. The molecule has 0 saturated heterocycles. The maximum atomic E-state index is 12.0. The molecule has 0 spiro atoms. The van der Waals surface area contributed by atoms with Gasteiger partial charge in [0.2, 0.25) is 0 Å². The van der Waals surface area contributed by atoms with Crippen LogP contribution in [0.5, 0.6) is 0 Å². The third-order valence-electron chi connectivity index (χ3n) is 4.99. The minimum atomic E-state index is -0.650. The van der Waals surface area contributed by atoms with Crippen LogP contribution in [0.15, 0.2) is 108 Å². The molecule has 2 aromatic carbocycles. The molecule has 2 heterocycles. The molecule has 0 radical (unpaired) electrons. The van der Waals surface area contributed by atoms with Gasteiger partial charge in [-0.25, -0.2) is 19.6 Å². The predicted octanol–water partition coefficient (Wildman–Crippen LogP) is 3.72. The molecule has 236 valence electrons. The second-order valence-corrected chi connectivity index (χ2v) is 10.4. The van der Waals surface area contributed by atoms with E-state index in [9.17, 15) is 19.2 Å². The molecule has 0 aliphatic heterocycles. The summed E-state index contributed by atoms with van der Waals surface area (Å²) >= 11 is 2.81. The first-order valence-corrected chi connectivity index (χ1v) is 14.7. The Bertz CT molecular complexity index is 1540. The molecule has 0 saturated carbocycles. The summed E-state index contributed by atoms with van der Waals surface area (Å²) in [6, 6.07) is 17.2. The lowest BCUT2D eigenvalue weighted by Crippen LogP contribution is -2.29.